The van der Waals surface area contributed by atoms with Crippen LogP contribution in [0, 0.1) is 0 Å². The van der Waals surface area contributed by atoms with Crippen LogP contribution < -0.4 is 10.6 Å². The van der Waals surface area contributed by atoms with Gasteiger partial charge in [-0.1, -0.05) is 0 Å². The highest BCUT2D eigenvalue weighted by Gasteiger charge is 1.94. The highest BCUT2D eigenvalue weighted by molar-refractivity contribution is 8.93. The van der Waals surface area contributed by atoms with E-state index in [9.17, 15) is 0 Å². The number of nitrogens with one attached hydrogen (secondary N) is 2. The Morgan fingerprint density at radius 3 is 1.43 bits per heavy atom. The molecule has 1 saturated heterocycles. The van der Waals surface area contributed by atoms with Crippen LogP contribution in [0.4, 0.5) is 0 Å². The maximum absolute atomic E-state index is 3.41. The summed E-state index contributed by atoms with van der Waals surface area (Å²) in [6.07, 6.45) is 0. The predicted octanol–water partition coefficient (Wildman–Crippen LogP) is 1.80. The Bertz CT molecular complexity index is 66.3. The molecule has 0 atom stereocenters. The summed E-state index contributed by atoms with van der Waals surface area (Å²) in [4.78, 5) is 0. The Hall–Kier alpha value is 1.58. The third-order valence-corrected chi connectivity index (χ3v) is 3.93. The van der Waals surface area contributed by atoms with E-state index in [2.05, 4.69) is 34.2 Å². The Morgan fingerprint density at radius 2 is 1.00 bits per heavy atom. The first-order chi connectivity index (χ1) is 6.00. The summed E-state index contributed by atoms with van der Waals surface area (Å²) in [6.45, 7) is 4.56. The first kappa shape index (κ1) is 18.0. The van der Waals surface area contributed by atoms with E-state index >= 15 is 0 Å². The van der Waals surface area contributed by atoms with Crippen LogP contribution in [0.1, 0.15) is 0 Å². The highest BCUT2D eigenvalue weighted by atomic mass is 79.9. The number of rotatable bonds is 0. The molecule has 0 unspecified atom stereocenters. The second-order valence-corrected chi connectivity index (χ2v) is 5.17. The summed E-state index contributed by atoms with van der Waals surface area (Å²) >= 11 is 4.13. The van der Waals surface area contributed by atoms with Crippen molar-refractivity contribution in [2.24, 2.45) is 0 Å². The van der Waals surface area contributed by atoms with Crippen molar-refractivity contribution in [2.45, 2.75) is 0 Å². The fraction of sp³-hybridized carbons (Fsp3) is 1.00. The number of hydrogen-bond acceptors (Lipinski definition) is 4. The molecular formula is C8H20Br2N2S2. The van der Waals surface area contributed by atoms with Gasteiger partial charge in [0.15, 0.2) is 0 Å². The van der Waals surface area contributed by atoms with E-state index < -0.39 is 0 Å². The minimum absolute atomic E-state index is 0. The van der Waals surface area contributed by atoms with Gasteiger partial charge in [-0.2, -0.15) is 23.5 Å². The van der Waals surface area contributed by atoms with E-state index in [0.29, 0.717) is 0 Å². The van der Waals surface area contributed by atoms with Crippen molar-refractivity contribution in [3.63, 3.8) is 0 Å². The van der Waals surface area contributed by atoms with Crippen molar-refractivity contribution in [3.05, 3.63) is 0 Å². The van der Waals surface area contributed by atoms with Crippen molar-refractivity contribution in [1.82, 2.24) is 10.6 Å². The molecule has 0 radical (unpaired) electrons. The highest BCUT2D eigenvalue weighted by Crippen LogP contribution is 2.05. The van der Waals surface area contributed by atoms with Crippen LogP contribution in [0.2, 0.25) is 0 Å². The van der Waals surface area contributed by atoms with Gasteiger partial charge >= 0.3 is 0 Å². The SMILES string of the molecule is Br.Br.C1CNCCSCCSCCN1. The maximum Gasteiger partial charge on any atom is 0.00770 e. The molecule has 0 aromatic carbocycles. The van der Waals surface area contributed by atoms with E-state index in [1.54, 1.807) is 0 Å². The van der Waals surface area contributed by atoms with Crippen LogP contribution in [-0.4, -0.2) is 49.2 Å². The third kappa shape index (κ3) is 11.7. The van der Waals surface area contributed by atoms with Gasteiger partial charge in [-0.3, -0.25) is 0 Å². The summed E-state index contributed by atoms with van der Waals surface area (Å²) in [6, 6.07) is 0. The molecule has 6 heteroatoms. The van der Waals surface area contributed by atoms with Gasteiger partial charge < -0.3 is 10.6 Å². The monoisotopic (exact) mass is 366 g/mol. The van der Waals surface area contributed by atoms with E-state index in [1.165, 1.54) is 23.0 Å². The molecule has 0 aromatic heterocycles. The molecule has 0 saturated carbocycles. The van der Waals surface area contributed by atoms with Gasteiger partial charge in [-0.05, 0) is 0 Å². The van der Waals surface area contributed by atoms with Crippen LogP contribution in [-0.2, 0) is 0 Å². The van der Waals surface area contributed by atoms with Crippen molar-refractivity contribution >= 4 is 57.5 Å². The molecule has 88 valence electrons. The lowest BCUT2D eigenvalue weighted by Crippen LogP contribution is -2.30. The molecule has 1 rings (SSSR count). The molecule has 1 aliphatic rings. The van der Waals surface area contributed by atoms with Crippen LogP contribution in [0.15, 0.2) is 0 Å². The average Bonchev–Trinajstić information content (AvgIpc) is 2.05. The molecular weight excluding hydrogens is 348 g/mol. The molecule has 0 bridgehead atoms. The topological polar surface area (TPSA) is 24.1 Å². The Labute approximate surface area is 117 Å². The van der Waals surface area contributed by atoms with E-state index in [4.69, 9.17) is 0 Å². The summed E-state index contributed by atoms with van der Waals surface area (Å²) in [5.41, 5.74) is 0. The number of thioether (sulfide) groups is 2. The maximum atomic E-state index is 3.41. The van der Waals surface area contributed by atoms with Gasteiger partial charge in [0.2, 0.25) is 0 Å². The summed E-state index contributed by atoms with van der Waals surface area (Å²) in [5.74, 6) is 5.15. The Kier molecular flexibility index (Phi) is 18.7. The Morgan fingerprint density at radius 1 is 0.571 bits per heavy atom. The van der Waals surface area contributed by atoms with Crippen molar-refractivity contribution in [2.75, 3.05) is 49.2 Å². The van der Waals surface area contributed by atoms with Crippen molar-refractivity contribution < 1.29 is 0 Å². The smallest absolute Gasteiger partial charge is 0.00770 e. The zero-order valence-electron chi connectivity index (χ0n) is 8.29. The molecule has 14 heavy (non-hydrogen) atoms. The van der Waals surface area contributed by atoms with Crippen molar-refractivity contribution in [1.29, 1.82) is 0 Å². The number of hydrogen-bond donors (Lipinski definition) is 2. The van der Waals surface area contributed by atoms with Gasteiger partial charge in [-0.15, -0.1) is 34.0 Å². The average molecular weight is 368 g/mol. The van der Waals surface area contributed by atoms with E-state index in [1.807, 2.05) is 0 Å². The standard InChI is InChI=1S/C8H18N2S2.2BrH/c1-2-10-4-6-12-8-7-11-5-3-9-1;;/h9-10H,1-8H2;2*1H. The largest absolute Gasteiger partial charge is 0.315 e. The van der Waals surface area contributed by atoms with Gasteiger partial charge in [0.1, 0.15) is 0 Å². The minimum atomic E-state index is 0. The lowest BCUT2D eigenvalue weighted by molar-refractivity contribution is 0.645. The summed E-state index contributed by atoms with van der Waals surface area (Å²) in [7, 11) is 0. The molecule has 1 fully saturated rings. The Balaban J connectivity index is 0. The van der Waals surface area contributed by atoms with E-state index in [-0.39, 0.29) is 34.0 Å². The fourth-order valence-electron chi connectivity index (χ4n) is 1.04. The summed E-state index contributed by atoms with van der Waals surface area (Å²) < 4.78 is 0. The summed E-state index contributed by atoms with van der Waals surface area (Å²) in [5, 5.41) is 6.83. The second kappa shape index (κ2) is 14.6. The predicted molar refractivity (Wildman–Crippen MR) is 81.0 cm³/mol. The molecule has 2 nitrogen and oxygen atoms in total. The van der Waals surface area contributed by atoms with Crippen LogP contribution in [0.5, 0.6) is 0 Å². The molecule has 0 spiro atoms. The minimum Gasteiger partial charge on any atom is -0.315 e. The molecule has 2 N–H and O–H groups in total. The molecule has 1 heterocycles. The zero-order valence-corrected chi connectivity index (χ0v) is 13.3. The van der Waals surface area contributed by atoms with Gasteiger partial charge in [-0.25, -0.2) is 0 Å². The molecule has 1 aliphatic heterocycles. The normalized spacial score (nSPS) is 20.6. The lowest BCUT2D eigenvalue weighted by Gasteiger charge is -2.08. The number of halogens is 2. The third-order valence-electron chi connectivity index (χ3n) is 1.70. The van der Waals surface area contributed by atoms with Crippen molar-refractivity contribution in [3.8, 4) is 0 Å². The molecule has 0 aromatic rings. The van der Waals surface area contributed by atoms with Gasteiger partial charge in [0.05, 0.1) is 0 Å². The first-order valence-corrected chi connectivity index (χ1v) is 6.88. The molecule has 0 aliphatic carbocycles. The second-order valence-electron chi connectivity index (χ2n) is 2.72. The van der Waals surface area contributed by atoms with E-state index in [0.717, 1.165) is 26.2 Å². The van der Waals surface area contributed by atoms with Crippen LogP contribution in [0.3, 0.4) is 0 Å². The van der Waals surface area contributed by atoms with Crippen LogP contribution >= 0.6 is 57.5 Å². The first-order valence-electron chi connectivity index (χ1n) is 4.57. The van der Waals surface area contributed by atoms with Gasteiger partial charge in [0, 0.05) is 49.2 Å². The zero-order chi connectivity index (χ0) is 8.49. The molecule has 0 amide bonds. The lowest BCUT2D eigenvalue weighted by atomic mass is 10.5. The van der Waals surface area contributed by atoms with Gasteiger partial charge in [0.25, 0.3) is 0 Å². The quantitative estimate of drug-likeness (QED) is 0.681. The fourth-order valence-corrected chi connectivity index (χ4v) is 2.97. The van der Waals surface area contributed by atoms with Crippen LogP contribution in [0.25, 0.3) is 0 Å².